The van der Waals surface area contributed by atoms with Gasteiger partial charge in [-0.05, 0) is 49.2 Å². The molecular weight excluding hydrogens is 444 g/mol. The number of hydrogen-bond donors (Lipinski definition) is 1. The Morgan fingerprint density at radius 2 is 1.74 bits per heavy atom. The summed E-state index contributed by atoms with van der Waals surface area (Å²) in [5.74, 6) is 0.647. The van der Waals surface area contributed by atoms with Gasteiger partial charge in [0.25, 0.3) is 5.91 Å². The number of thioether (sulfide) groups is 1. The molecule has 0 radical (unpaired) electrons. The Balaban J connectivity index is 1.46. The largest absolute Gasteiger partial charge is 0.488 e. The number of nitrogens with one attached hydrogen (secondary N) is 1. The molecule has 1 heterocycles. The summed E-state index contributed by atoms with van der Waals surface area (Å²) in [7, 11) is 0. The average molecular weight is 471 g/mol. The van der Waals surface area contributed by atoms with Gasteiger partial charge in [0.1, 0.15) is 12.4 Å². The first-order valence-electron chi connectivity index (χ1n) is 10.9. The van der Waals surface area contributed by atoms with Crippen LogP contribution in [-0.4, -0.2) is 27.8 Å². The fraction of sp³-hybridized carbons (Fsp3) is 0.185. The molecule has 0 bridgehead atoms. The molecule has 4 aromatic rings. The van der Waals surface area contributed by atoms with E-state index >= 15 is 0 Å². The lowest BCUT2D eigenvalue weighted by Gasteiger charge is -2.12. The highest BCUT2D eigenvalue weighted by Crippen LogP contribution is 2.27. The van der Waals surface area contributed by atoms with E-state index in [1.807, 2.05) is 56.3 Å². The third kappa shape index (κ3) is 6.20. The fourth-order valence-corrected chi connectivity index (χ4v) is 4.21. The first kappa shape index (κ1) is 23.4. The molecule has 34 heavy (non-hydrogen) atoms. The van der Waals surface area contributed by atoms with Crippen LogP contribution >= 0.6 is 11.8 Å². The third-order valence-electron chi connectivity index (χ3n) is 5.12. The van der Waals surface area contributed by atoms with Crippen molar-refractivity contribution in [2.24, 2.45) is 5.10 Å². The van der Waals surface area contributed by atoms with Gasteiger partial charge in [0.05, 0.1) is 12.0 Å². The molecule has 4 rings (SSSR count). The number of fused-ring (bicyclic) bond motifs is 1. The molecule has 172 valence electrons. The van der Waals surface area contributed by atoms with E-state index in [2.05, 4.69) is 51.7 Å². The summed E-state index contributed by atoms with van der Waals surface area (Å²) < 4.78 is 6.13. The highest BCUT2D eigenvalue weighted by Gasteiger charge is 2.09. The predicted molar refractivity (Wildman–Crippen MR) is 137 cm³/mol. The second-order valence-corrected chi connectivity index (χ2v) is 8.93. The van der Waals surface area contributed by atoms with Gasteiger partial charge in [0.15, 0.2) is 5.16 Å². The molecule has 6 nitrogen and oxygen atoms in total. The molecule has 1 amide bonds. The molecule has 0 fully saturated rings. The maximum atomic E-state index is 12.3. The van der Waals surface area contributed by atoms with Crippen LogP contribution < -0.4 is 10.2 Å². The number of aryl methyl sites for hydroxylation is 3. The van der Waals surface area contributed by atoms with Crippen molar-refractivity contribution >= 4 is 34.7 Å². The van der Waals surface area contributed by atoms with Crippen molar-refractivity contribution in [2.75, 3.05) is 5.75 Å². The van der Waals surface area contributed by atoms with E-state index in [-0.39, 0.29) is 11.7 Å². The fourth-order valence-electron chi connectivity index (χ4n) is 3.47. The number of nitrogens with zero attached hydrogens (tertiary/aromatic N) is 3. The summed E-state index contributed by atoms with van der Waals surface area (Å²) in [6, 6.07) is 22.1. The quantitative estimate of drug-likeness (QED) is 0.162. The van der Waals surface area contributed by atoms with Gasteiger partial charge in [-0.2, -0.15) is 5.10 Å². The van der Waals surface area contributed by atoms with Crippen LogP contribution in [0.5, 0.6) is 5.75 Å². The smallest absolute Gasteiger partial charge is 0.250 e. The van der Waals surface area contributed by atoms with E-state index in [0.29, 0.717) is 17.5 Å². The average Bonchev–Trinajstić information content (AvgIpc) is 2.82. The highest BCUT2D eigenvalue weighted by atomic mass is 32.2. The second kappa shape index (κ2) is 10.9. The van der Waals surface area contributed by atoms with Crippen molar-refractivity contribution in [3.8, 4) is 5.75 Å². The van der Waals surface area contributed by atoms with Crippen LogP contribution in [0, 0.1) is 20.8 Å². The molecule has 0 aliphatic rings. The van der Waals surface area contributed by atoms with E-state index in [0.717, 1.165) is 33.3 Å². The minimum Gasteiger partial charge on any atom is -0.488 e. The van der Waals surface area contributed by atoms with E-state index in [9.17, 15) is 4.79 Å². The Bertz CT molecular complexity index is 1320. The van der Waals surface area contributed by atoms with Crippen LogP contribution in [0.2, 0.25) is 0 Å². The van der Waals surface area contributed by atoms with E-state index in [1.165, 1.54) is 17.3 Å². The van der Waals surface area contributed by atoms with Gasteiger partial charge in [0.2, 0.25) is 0 Å². The lowest BCUT2D eigenvalue weighted by Crippen LogP contribution is -2.20. The van der Waals surface area contributed by atoms with Gasteiger partial charge in [-0.1, -0.05) is 71.9 Å². The molecule has 3 aromatic carbocycles. The van der Waals surface area contributed by atoms with Gasteiger partial charge in [0, 0.05) is 17.0 Å². The molecule has 0 atom stereocenters. The zero-order valence-electron chi connectivity index (χ0n) is 19.4. The van der Waals surface area contributed by atoms with Crippen molar-refractivity contribution in [3.63, 3.8) is 0 Å². The zero-order valence-corrected chi connectivity index (χ0v) is 20.2. The summed E-state index contributed by atoms with van der Waals surface area (Å²) >= 11 is 1.28. The zero-order chi connectivity index (χ0) is 23.9. The minimum atomic E-state index is -0.230. The van der Waals surface area contributed by atoms with Crippen molar-refractivity contribution < 1.29 is 9.53 Å². The number of carbonyl (C=O) groups is 1. The minimum absolute atomic E-state index is 0.173. The monoisotopic (exact) mass is 470 g/mol. The number of hydrazone groups is 1. The maximum absolute atomic E-state index is 12.3. The number of aromatic nitrogens is 2. The highest BCUT2D eigenvalue weighted by molar-refractivity contribution is 7.99. The molecular formula is C27H26N4O2S. The normalized spacial score (nSPS) is 11.1. The Labute approximate surface area is 203 Å². The van der Waals surface area contributed by atoms with Crippen LogP contribution in [-0.2, 0) is 11.4 Å². The van der Waals surface area contributed by atoms with Crippen LogP contribution in [0.1, 0.15) is 28.1 Å². The Kier molecular flexibility index (Phi) is 7.54. The molecule has 0 saturated carbocycles. The lowest BCUT2D eigenvalue weighted by atomic mass is 10.0. The molecule has 0 saturated heterocycles. The topological polar surface area (TPSA) is 76.5 Å². The summed E-state index contributed by atoms with van der Waals surface area (Å²) in [6.45, 7) is 6.32. The first-order valence-corrected chi connectivity index (χ1v) is 11.9. The number of rotatable bonds is 8. The van der Waals surface area contributed by atoms with Gasteiger partial charge in [-0.15, -0.1) is 0 Å². The van der Waals surface area contributed by atoms with Crippen molar-refractivity contribution in [2.45, 2.75) is 32.5 Å². The van der Waals surface area contributed by atoms with Crippen LogP contribution in [0.3, 0.4) is 0 Å². The molecule has 0 aliphatic heterocycles. The summed E-state index contributed by atoms with van der Waals surface area (Å²) in [4.78, 5) is 21.0. The lowest BCUT2D eigenvalue weighted by molar-refractivity contribution is -0.118. The van der Waals surface area contributed by atoms with E-state index in [1.54, 1.807) is 6.21 Å². The Hall–Kier alpha value is -3.71. The number of benzene rings is 3. The standard InChI is InChI=1S/C27H26N4O2S/c1-18-8-10-21(11-9-18)16-33-25-13-12-22-6-4-5-7-23(22)24(25)15-28-31-26(32)17-34-27-29-19(2)14-20(3)30-27/h4-15H,16-17H2,1-3H3,(H,31,32)/b28-15-. The first-order chi connectivity index (χ1) is 16.5. The SMILES string of the molecule is Cc1ccc(COc2ccc3ccccc3c2/C=N\NC(=O)CSc2nc(C)cc(C)n2)cc1. The molecule has 0 aliphatic carbocycles. The number of hydrogen-bond acceptors (Lipinski definition) is 6. The number of carbonyl (C=O) groups excluding carboxylic acids is 1. The summed E-state index contributed by atoms with van der Waals surface area (Å²) in [5, 5.41) is 6.86. The summed E-state index contributed by atoms with van der Waals surface area (Å²) in [5.41, 5.74) is 7.46. The van der Waals surface area contributed by atoms with Gasteiger partial charge >= 0.3 is 0 Å². The van der Waals surface area contributed by atoms with Gasteiger partial charge in [-0.25, -0.2) is 15.4 Å². The maximum Gasteiger partial charge on any atom is 0.250 e. The van der Waals surface area contributed by atoms with Crippen molar-refractivity contribution in [1.82, 2.24) is 15.4 Å². The third-order valence-corrected chi connectivity index (χ3v) is 5.97. The van der Waals surface area contributed by atoms with E-state index in [4.69, 9.17) is 4.74 Å². The second-order valence-electron chi connectivity index (χ2n) is 7.99. The number of ether oxygens (including phenoxy) is 1. The summed E-state index contributed by atoms with van der Waals surface area (Å²) in [6.07, 6.45) is 1.64. The van der Waals surface area contributed by atoms with Gasteiger partial charge < -0.3 is 4.74 Å². The van der Waals surface area contributed by atoms with Crippen molar-refractivity contribution in [3.05, 3.63) is 94.8 Å². The van der Waals surface area contributed by atoms with Crippen LogP contribution in [0.25, 0.3) is 10.8 Å². The van der Waals surface area contributed by atoms with E-state index < -0.39 is 0 Å². The van der Waals surface area contributed by atoms with Gasteiger partial charge in [-0.3, -0.25) is 4.79 Å². The van der Waals surface area contributed by atoms with Crippen LogP contribution in [0.4, 0.5) is 0 Å². The predicted octanol–water partition coefficient (Wildman–Crippen LogP) is 5.38. The molecule has 0 unspecified atom stereocenters. The molecule has 1 aromatic heterocycles. The molecule has 0 spiro atoms. The van der Waals surface area contributed by atoms with Crippen LogP contribution in [0.15, 0.2) is 77.0 Å². The van der Waals surface area contributed by atoms with Crippen molar-refractivity contribution in [1.29, 1.82) is 0 Å². The number of amides is 1. The molecule has 7 heteroatoms. The Morgan fingerprint density at radius 3 is 2.50 bits per heavy atom. The molecule has 1 N–H and O–H groups in total. The Morgan fingerprint density at radius 1 is 1.00 bits per heavy atom.